The summed E-state index contributed by atoms with van der Waals surface area (Å²) in [7, 11) is 0. The van der Waals surface area contributed by atoms with Crippen LogP contribution in [0.15, 0.2) is 30.2 Å². The molecular weight excluding hydrogens is 242 g/mol. The third kappa shape index (κ3) is 2.30. The standard InChI is InChI=1S/C15H17NO3/c1-11-4-5-13-12(9-11)3-2-6-16(13)15(17)14-10-18-7-8-19-14/h4-5,9-10H,2-3,6-8H2,1H3. The summed E-state index contributed by atoms with van der Waals surface area (Å²) < 4.78 is 10.5. The molecule has 0 spiro atoms. The maximum absolute atomic E-state index is 12.5. The number of nitrogens with zero attached hydrogens (tertiary/aromatic N) is 1. The molecule has 0 aromatic heterocycles. The van der Waals surface area contributed by atoms with Crippen LogP contribution >= 0.6 is 0 Å². The van der Waals surface area contributed by atoms with E-state index in [1.165, 1.54) is 17.4 Å². The van der Waals surface area contributed by atoms with Gasteiger partial charge in [0.25, 0.3) is 5.91 Å². The van der Waals surface area contributed by atoms with Crippen LogP contribution in [0.4, 0.5) is 5.69 Å². The normalized spacial score (nSPS) is 17.9. The Morgan fingerprint density at radius 3 is 3.00 bits per heavy atom. The van der Waals surface area contributed by atoms with Gasteiger partial charge in [0.1, 0.15) is 19.5 Å². The van der Waals surface area contributed by atoms with Gasteiger partial charge in [0.15, 0.2) is 0 Å². The molecule has 0 fully saturated rings. The monoisotopic (exact) mass is 259 g/mol. The van der Waals surface area contributed by atoms with Gasteiger partial charge in [0.2, 0.25) is 5.76 Å². The van der Waals surface area contributed by atoms with Crippen molar-refractivity contribution in [3.8, 4) is 0 Å². The van der Waals surface area contributed by atoms with E-state index in [0.29, 0.717) is 19.0 Å². The average Bonchev–Trinajstić information content (AvgIpc) is 2.46. The zero-order valence-electron chi connectivity index (χ0n) is 11.0. The van der Waals surface area contributed by atoms with Gasteiger partial charge in [-0.25, -0.2) is 0 Å². The van der Waals surface area contributed by atoms with Gasteiger partial charge in [-0.3, -0.25) is 4.79 Å². The molecule has 0 atom stereocenters. The third-order valence-electron chi connectivity index (χ3n) is 3.46. The Morgan fingerprint density at radius 2 is 2.21 bits per heavy atom. The Balaban J connectivity index is 1.91. The Morgan fingerprint density at radius 1 is 1.32 bits per heavy atom. The highest BCUT2D eigenvalue weighted by Gasteiger charge is 2.27. The minimum atomic E-state index is -0.107. The lowest BCUT2D eigenvalue weighted by molar-refractivity contribution is -0.119. The SMILES string of the molecule is Cc1ccc2c(c1)CCCN2C(=O)C1=COCCO1. The van der Waals surface area contributed by atoms with Crippen molar-refractivity contribution >= 4 is 11.6 Å². The largest absolute Gasteiger partial charge is 0.494 e. The van der Waals surface area contributed by atoms with Gasteiger partial charge in [-0.05, 0) is 31.4 Å². The minimum absolute atomic E-state index is 0.107. The number of aryl methyl sites for hydroxylation is 2. The second kappa shape index (κ2) is 4.96. The van der Waals surface area contributed by atoms with Crippen molar-refractivity contribution in [1.82, 2.24) is 0 Å². The van der Waals surface area contributed by atoms with Crippen LogP contribution in [0, 0.1) is 6.92 Å². The number of benzene rings is 1. The van der Waals surface area contributed by atoms with Crippen molar-refractivity contribution in [1.29, 1.82) is 0 Å². The fourth-order valence-electron chi connectivity index (χ4n) is 2.55. The van der Waals surface area contributed by atoms with Crippen LogP contribution in [0.1, 0.15) is 17.5 Å². The molecule has 2 aliphatic heterocycles. The van der Waals surface area contributed by atoms with Gasteiger partial charge in [-0.1, -0.05) is 17.7 Å². The zero-order valence-corrected chi connectivity index (χ0v) is 11.0. The number of fused-ring (bicyclic) bond motifs is 1. The summed E-state index contributed by atoms with van der Waals surface area (Å²) in [5, 5.41) is 0. The number of hydrogen-bond donors (Lipinski definition) is 0. The highest BCUT2D eigenvalue weighted by atomic mass is 16.6. The second-order valence-electron chi connectivity index (χ2n) is 4.89. The lowest BCUT2D eigenvalue weighted by Crippen LogP contribution is -2.37. The number of carbonyl (C=O) groups excluding carboxylic acids is 1. The van der Waals surface area contributed by atoms with E-state index in [2.05, 4.69) is 13.0 Å². The second-order valence-corrected chi connectivity index (χ2v) is 4.89. The molecule has 0 saturated carbocycles. The Labute approximate surface area is 112 Å². The maximum atomic E-state index is 12.5. The molecule has 2 heterocycles. The number of hydrogen-bond acceptors (Lipinski definition) is 3. The molecule has 4 nitrogen and oxygen atoms in total. The summed E-state index contributed by atoms with van der Waals surface area (Å²) in [6, 6.07) is 6.21. The van der Waals surface area contributed by atoms with Crippen molar-refractivity contribution in [2.24, 2.45) is 0 Å². The molecule has 0 unspecified atom stereocenters. The molecule has 0 radical (unpaired) electrons. The summed E-state index contributed by atoms with van der Waals surface area (Å²) in [4.78, 5) is 14.2. The van der Waals surface area contributed by atoms with E-state index < -0.39 is 0 Å². The first kappa shape index (κ1) is 12.1. The Kier molecular flexibility index (Phi) is 3.15. The van der Waals surface area contributed by atoms with Gasteiger partial charge >= 0.3 is 0 Å². The van der Waals surface area contributed by atoms with E-state index in [0.717, 1.165) is 25.1 Å². The molecule has 100 valence electrons. The molecular formula is C15H17NO3. The van der Waals surface area contributed by atoms with E-state index in [9.17, 15) is 4.79 Å². The number of anilines is 1. The van der Waals surface area contributed by atoms with Crippen molar-refractivity contribution in [2.75, 3.05) is 24.7 Å². The molecule has 3 rings (SSSR count). The lowest BCUT2D eigenvalue weighted by Gasteiger charge is -2.30. The molecule has 0 aliphatic carbocycles. The zero-order chi connectivity index (χ0) is 13.2. The van der Waals surface area contributed by atoms with E-state index in [1.807, 2.05) is 12.1 Å². The van der Waals surface area contributed by atoms with Gasteiger partial charge in [0.05, 0.1) is 0 Å². The van der Waals surface area contributed by atoms with Crippen LogP contribution in [0.25, 0.3) is 0 Å². The van der Waals surface area contributed by atoms with Gasteiger partial charge in [-0.15, -0.1) is 0 Å². The summed E-state index contributed by atoms with van der Waals surface area (Å²) >= 11 is 0. The fourth-order valence-corrected chi connectivity index (χ4v) is 2.55. The van der Waals surface area contributed by atoms with Crippen LogP contribution in [0.3, 0.4) is 0 Å². The Bertz CT molecular complexity index is 536. The molecule has 19 heavy (non-hydrogen) atoms. The number of carbonyl (C=O) groups is 1. The predicted molar refractivity (Wildman–Crippen MR) is 71.8 cm³/mol. The summed E-state index contributed by atoms with van der Waals surface area (Å²) in [5.41, 5.74) is 3.46. The maximum Gasteiger partial charge on any atom is 0.296 e. The third-order valence-corrected chi connectivity index (χ3v) is 3.46. The molecule has 2 aliphatic rings. The quantitative estimate of drug-likeness (QED) is 0.775. The van der Waals surface area contributed by atoms with Gasteiger partial charge in [0, 0.05) is 12.2 Å². The average molecular weight is 259 g/mol. The summed E-state index contributed by atoms with van der Waals surface area (Å²) in [5.74, 6) is 0.198. The van der Waals surface area contributed by atoms with Crippen LogP contribution in [-0.4, -0.2) is 25.7 Å². The van der Waals surface area contributed by atoms with E-state index >= 15 is 0 Å². The van der Waals surface area contributed by atoms with E-state index in [-0.39, 0.29) is 5.91 Å². The first-order chi connectivity index (χ1) is 9.25. The molecule has 4 heteroatoms. The first-order valence-electron chi connectivity index (χ1n) is 6.62. The van der Waals surface area contributed by atoms with Crippen molar-refractivity contribution in [2.45, 2.75) is 19.8 Å². The molecule has 1 aromatic carbocycles. The van der Waals surface area contributed by atoms with Gasteiger partial charge < -0.3 is 14.4 Å². The highest BCUT2D eigenvalue weighted by Crippen LogP contribution is 2.29. The van der Waals surface area contributed by atoms with Crippen molar-refractivity contribution in [3.05, 3.63) is 41.3 Å². The minimum Gasteiger partial charge on any atom is -0.494 e. The molecule has 0 N–H and O–H groups in total. The molecule has 1 amide bonds. The molecule has 0 bridgehead atoms. The van der Waals surface area contributed by atoms with Crippen LogP contribution in [0.5, 0.6) is 0 Å². The van der Waals surface area contributed by atoms with E-state index in [4.69, 9.17) is 9.47 Å². The first-order valence-corrected chi connectivity index (χ1v) is 6.62. The Hall–Kier alpha value is -1.97. The number of amides is 1. The topological polar surface area (TPSA) is 38.8 Å². The van der Waals surface area contributed by atoms with E-state index in [1.54, 1.807) is 4.90 Å². The predicted octanol–water partition coefficient (Wildman–Crippen LogP) is 2.16. The number of rotatable bonds is 1. The summed E-state index contributed by atoms with van der Waals surface area (Å²) in [6.07, 6.45) is 3.43. The molecule has 1 aromatic rings. The fraction of sp³-hybridized carbons (Fsp3) is 0.400. The van der Waals surface area contributed by atoms with Gasteiger partial charge in [-0.2, -0.15) is 0 Å². The van der Waals surface area contributed by atoms with Crippen molar-refractivity contribution in [3.63, 3.8) is 0 Å². The lowest BCUT2D eigenvalue weighted by atomic mass is 9.99. The number of ether oxygens (including phenoxy) is 2. The van der Waals surface area contributed by atoms with Crippen LogP contribution < -0.4 is 4.90 Å². The van der Waals surface area contributed by atoms with Crippen LogP contribution in [0.2, 0.25) is 0 Å². The summed E-state index contributed by atoms with van der Waals surface area (Å²) in [6.45, 7) is 3.75. The van der Waals surface area contributed by atoms with Crippen LogP contribution in [-0.2, 0) is 20.7 Å². The smallest absolute Gasteiger partial charge is 0.296 e. The highest BCUT2D eigenvalue weighted by molar-refractivity contribution is 6.04. The van der Waals surface area contributed by atoms with Crippen molar-refractivity contribution < 1.29 is 14.3 Å². The molecule has 0 saturated heterocycles.